The van der Waals surface area contributed by atoms with Crippen LogP contribution in [0.2, 0.25) is 5.02 Å². The maximum Gasteiger partial charge on any atom is 0.338 e. The van der Waals surface area contributed by atoms with Crippen molar-refractivity contribution >= 4 is 29.2 Å². The van der Waals surface area contributed by atoms with Crippen LogP contribution >= 0.6 is 11.6 Å². The SMILES string of the molecule is Cc1ccc(NC(=O)C(C)OC(=O)c2ccc(Cl)cc2)cc1. The van der Waals surface area contributed by atoms with E-state index in [0.717, 1.165) is 5.56 Å². The van der Waals surface area contributed by atoms with Gasteiger partial charge in [0.25, 0.3) is 5.91 Å². The molecule has 0 radical (unpaired) electrons. The van der Waals surface area contributed by atoms with Gasteiger partial charge >= 0.3 is 5.97 Å². The maximum atomic E-state index is 12.0. The van der Waals surface area contributed by atoms with Crippen LogP contribution in [0.1, 0.15) is 22.8 Å². The van der Waals surface area contributed by atoms with Crippen molar-refractivity contribution in [2.24, 2.45) is 0 Å². The first-order chi connectivity index (χ1) is 10.5. The molecule has 5 heteroatoms. The normalized spacial score (nSPS) is 11.6. The molecule has 114 valence electrons. The van der Waals surface area contributed by atoms with Gasteiger partial charge in [-0.05, 0) is 50.2 Å². The molecular weight excluding hydrogens is 302 g/mol. The molecule has 0 aromatic heterocycles. The van der Waals surface area contributed by atoms with E-state index < -0.39 is 12.1 Å². The van der Waals surface area contributed by atoms with E-state index in [1.807, 2.05) is 19.1 Å². The number of benzene rings is 2. The molecule has 0 aliphatic heterocycles. The van der Waals surface area contributed by atoms with Crippen LogP contribution < -0.4 is 5.32 Å². The number of rotatable bonds is 4. The van der Waals surface area contributed by atoms with Gasteiger partial charge in [0, 0.05) is 10.7 Å². The Labute approximate surface area is 134 Å². The van der Waals surface area contributed by atoms with E-state index in [1.165, 1.54) is 6.92 Å². The highest BCUT2D eigenvalue weighted by Crippen LogP contribution is 2.13. The van der Waals surface area contributed by atoms with Gasteiger partial charge in [0.1, 0.15) is 0 Å². The molecule has 0 aliphatic carbocycles. The van der Waals surface area contributed by atoms with Gasteiger partial charge in [-0.15, -0.1) is 0 Å². The van der Waals surface area contributed by atoms with E-state index in [4.69, 9.17) is 16.3 Å². The Kier molecular flexibility index (Phi) is 5.17. The number of esters is 1. The third-order valence-corrected chi connectivity index (χ3v) is 3.30. The van der Waals surface area contributed by atoms with E-state index in [9.17, 15) is 9.59 Å². The molecular formula is C17H16ClNO3. The summed E-state index contributed by atoms with van der Waals surface area (Å²) in [4.78, 5) is 23.9. The van der Waals surface area contributed by atoms with Crippen LogP contribution in [0, 0.1) is 6.92 Å². The number of ether oxygens (including phenoxy) is 1. The van der Waals surface area contributed by atoms with Crippen LogP contribution in [0.5, 0.6) is 0 Å². The summed E-state index contributed by atoms with van der Waals surface area (Å²) >= 11 is 5.76. The molecule has 0 bridgehead atoms. The zero-order valence-electron chi connectivity index (χ0n) is 12.3. The second-order valence-electron chi connectivity index (χ2n) is 4.91. The van der Waals surface area contributed by atoms with Crippen LogP contribution in [0.4, 0.5) is 5.69 Å². The summed E-state index contributed by atoms with van der Waals surface area (Å²) in [6.45, 7) is 3.49. The van der Waals surface area contributed by atoms with Gasteiger partial charge in [-0.2, -0.15) is 0 Å². The third kappa shape index (κ3) is 4.33. The van der Waals surface area contributed by atoms with Gasteiger partial charge in [0.05, 0.1) is 5.56 Å². The molecule has 1 amide bonds. The Bertz CT molecular complexity index is 665. The lowest BCUT2D eigenvalue weighted by Crippen LogP contribution is -2.29. The van der Waals surface area contributed by atoms with Crippen molar-refractivity contribution in [3.05, 3.63) is 64.7 Å². The van der Waals surface area contributed by atoms with Gasteiger partial charge in [-0.25, -0.2) is 4.79 Å². The topological polar surface area (TPSA) is 55.4 Å². The average molecular weight is 318 g/mol. The first-order valence-corrected chi connectivity index (χ1v) is 7.17. The van der Waals surface area contributed by atoms with Crippen molar-refractivity contribution in [3.8, 4) is 0 Å². The summed E-state index contributed by atoms with van der Waals surface area (Å²) in [6, 6.07) is 13.6. The second-order valence-corrected chi connectivity index (χ2v) is 5.35. The zero-order valence-corrected chi connectivity index (χ0v) is 13.1. The van der Waals surface area contributed by atoms with Gasteiger partial charge in [0.2, 0.25) is 0 Å². The largest absolute Gasteiger partial charge is 0.449 e. The number of carbonyl (C=O) groups excluding carboxylic acids is 2. The molecule has 2 aromatic rings. The van der Waals surface area contributed by atoms with Crippen molar-refractivity contribution < 1.29 is 14.3 Å². The van der Waals surface area contributed by atoms with Crippen molar-refractivity contribution in [1.82, 2.24) is 0 Å². The number of hydrogen-bond acceptors (Lipinski definition) is 3. The Morgan fingerprint density at radius 3 is 2.23 bits per heavy atom. The molecule has 0 fully saturated rings. The molecule has 0 saturated carbocycles. The quantitative estimate of drug-likeness (QED) is 0.872. The number of anilines is 1. The predicted octanol–water partition coefficient (Wildman–Crippen LogP) is 3.83. The van der Waals surface area contributed by atoms with Crippen LogP contribution in [-0.2, 0) is 9.53 Å². The number of hydrogen-bond donors (Lipinski definition) is 1. The Balaban J connectivity index is 1.94. The first-order valence-electron chi connectivity index (χ1n) is 6.80. The molecule has 2 rings (SSSR count). The Hall–Kier alpha value is -2.33. The minimum absolute atomic E-state index is 0.347. The molecule has 0 aliphatic rings. The molecule has 0 saturated heterocycles. The van der Waals surface area contributed by atoms with Crippen molar-refractivity contribution in [1.29, 1.82) is 0 Å². The van der Waals surface area contributed by atoms with E-state index in [2.05, 4.69) is 5.32 Å². The molecule has 4 nitrogen and oxygen atoms in total. The van der Waals surface area contributed by atoms with Crippen molar-refractivity contribution in [3.63, 3.8) is 0 Å². The average Bonchev–Trinajstić information content (AvgIpc) is 2.50. The summed E-state index contributed by atoms with van der Waals surface area (Å²) in [5.41, 5.74) is 2.10. The molecule has 1 atom stereocenters. The molecule has 0 spiro atoms. The highest BCUT2D eigenvalue weighted by Gasteiger charge is 2.19. The van der Waals surface area contributed by atoms with Crippen molar-refractivity contribution in [2.75, 3.05) is 5.32 Å². The lowest BCUT2D eigenvalue weighted by Gasteiger charge is -2.13. The van der Waals surface area contributed by atoms with Gasteiger partial charge in [0.15, 0.2) is 6.10 Å². The van der Waals surface area contributed by atoms with E-state index in [0.29, 0.717) is 16.3 Å². The third-order valence-electron chi connectivity index (χ3n) is 3.05. The van der Waals surface area contributed by atoms with Crippen LogP contribution in [0.25, 0.3) is 0 Å². The molecule has 0 heterocycles. The molecule has 1 N–H and O–H groups in total. The fourth-order valence-corrected chi connectivity index (χ4v) is 1.87. The van der Waals surface area contributed by atoms with Crippen molar-refractivity contribution in [2.45, 2.75) is 20.0 Å². The first kappa shape index (κ1) is 16.0. The molecule has 1 unspecified atom stereocenters. The fourth-order valence-electron chi connectivity index (χ4n) is 1.75. The van der Waals surface area contributed by atoms with Crippen LogP contribution in [0.3, 0.4) is 0 Å². The Morgan fingerprint density at radius 2 is 1.64 bits per heavy atom. The van der Waals surface area contributed by atoms with Gasteiger partial charge < -0.3 is 10.1 Å². The second kappa shape index (κ2) is 7.09. The molecule has 2 aromatic carbocycles. The Morgan fingerprint density at radius 1 is 1.05 bits per heavy atom. The minimum atomic E-state index is -0.899. The maximum absolute atomic E-state index is 12.0. The van der Waals surface area contributed by atoms with Gasteiger partial charge in [-0.1, -0.05) is 29.3 Å². The predicted molar refractivity (Wildman–Crippen MR) is 86.1 cm³/mol. The number of amides is 1. The summed E-state index contributed by atoms with van der Waals surface area (Å²) in [7, 11) is 0. The smallest absolute Gasteiger partial charge is 0.338 e. The highest BCUT2D eigenvalue weighted by molar-refractivity contribution is 6.30. The summed E-state index contributed by atoms with van der Waals surface area (Å²) in [5, 5.41) is 3.23. The number of aryl methyl sites for hydroxylation is 1. The highest BCUT2D eigenvalue weighted by atomic mass is 35.5. The lowest BCUT2D eigenvalue weighted by molar-refractivity contribution is -0.123. The van der Waals surface area contributed by atoms with Crippen LogP contribution in [-0.4, -0.2) is 18.0 Å². The van der Waals surface area contributed by atoms with Gasteiger partial charge in [-0.3, -0.25) is 4.79 Å². The summed E-state index contributed by atoms with van der Waals surface area (Å²) < 4.78 is 5.14. The van der Waals surface area contributed by atoms with E-state index >= 15 is 0 Å². The fraction of sp³-hybridized carbons (Fsp3) is 0.176. The van der Waals surface area contributed by atoms with E-state index in [-0.39, 0.29) is 5.91 Å². The monoisotopic (exact) mass is 317 g/mol. The van der Waals surface area contributed by atoms with E-state index in [1.54, 1.807) is 36.4 Å². The summed E-state index contributed by atoms with van der Waals surface area (Å²) in [6.07, 6.45) is -0.899. The standard InChI is InChI=1S/C17H16ClNO3/c1-11-3-9-15(10-4-11)19-16(20)12(2)22-17(21)13-5-7-14(18)8-6-13/h3-10,12H,1-2H3,(H,19,20). The zero-order chi connectivity index (χ0) is 16.1. The number of nitrogens with one attached hydrogen (secondary N) is 1. The van der Waals surface area contributed by atoms with Crippen LogP contribution in [0.15, 0.2) is 48.5 Å². The molecule has 22 heavy (non-hydrogen) atoms. The number of carbonyl (C=O) groups is 2. The summed E-state index contributed by atoms with van der Waals surface area (Å²) in [5.74, 6) is -0.950. The lowest BCUT2D eigenvalue weighted by atomic mass is 10.2. The minimum Gasteiger partial charge on any atom is -0.449 e. The number of halogens is 1.